The minimum Gasteiger partial charge on any atom is -0.399 e. The molecule has 0 aliphatic rings. The Labute approximate surface area is 258 Å². The van der Waals surface area contributed by atoms with Crippen LogP contribution >= 0.6 is 0 Å². The Balaban J connectivity index is 1.86. The number of fused-ring (bicyclic) bond motifs is 1. The summed E-state index contributed by atoms with van der Waals surface area (Å²) in [5, 5.41) is -1.35. The van der Waals surface area contributed by atoms with Crippen molar-refractivity contribution in [3.63, 3.8) is 0 Å². The molecule has 21 heteroatoms. The fourth-order valence-corrected chi connectivity index (χ4v) is 8.89. The van der Waals surface area contributed by atoms with E-state index in [0.29, 0.717) is 35.5 Å². The maximum atomic E-state index is 13.5. The number of nitrogens with two attached hydrogens (primary N) is 1. The molecule has 0 spiro atoms. The van der Waals surface area contributed by atoms with Crippen LogP contribution < -0.4 is 15.2 Å². The lowest BCUT2D eigenvalue weighted by Crippen LogP contribution is -2.17. The molecule has 0 unspecified atom stereocenters. The molecule has 0 amide bonds. The molecule has 4 aromatic carbocycles. The molecule has 0 heterocycles. The first-order valence-corrected chi connectivity index (χ1v) is 19.3. The fraction of sp³-hybridized carbons (Fsp3) is 0.0833. The summed E-state index contributed by atoms with van der Waals surface area (Å²) in [6.45, 7) is 2.81. The van der Waals surface area contributed by atoms with Gasteiger partial charge in [0.25, 0.3) is 50.4 Å². The molecule has 0 bridgehead atoms. The van der Waals surface area contributed by atoms with Crippen molar-refractivity contribution in [1.82, 2.24) is 0 Å². The molecule has 0 radical (unpaired) electrons. The monoisotopic (exact) mass is 721 g/mol. The lowest BCUT2D eigenvalue weighted by atomic mass is 10.1. The number of aryl methyl sites for hydroxylation is 2. The summed E-state index contributed by atoms with van der Waals surface area (Å²) < 4.78 is 158. The van der Waals surface area contributed by atoms with Crippen molar-refractivity contribution in [2.24, 2.45) is 0 Å². The van der Waals surface area contributed by atoms with E-state index in [4.69, 9.17) is 5.73 Å². The SMILES string of the molecule is Cc1cc(N)ccc1S(=O)(=O)Nc1ccc(S(=O)(=O)Nc2cc(S(=O)(=O)O)cc3cc(S(=O)(=O)O)cc(S(=O)(=O)O)c23)c(C)c1. The highest BCUT2D eigenvalue weighted by Crippen LogP contribution is 2.37. The van der Waals surface area contributed by atoms with E-state index in [2.05, 4.69) is 4.72 Å². The minimum absolute atomic E-state index is 0.0457. The van der Waals surface area contributed by atoms with E-state index in [0.717, 1.165) is 18.2 Å². The first kappa shape index (κ1) is 34.1. The lowest BCUT2D eigenvalue weighted by Gasteiger charge is -2.17. The van der Waals surface area contributed by atoms with Gasteiger partial charge in [0.05, 0.1) is 25.3 Å². The molecule has 45 heavy (non-hydrogen) atoms. The zero-order valence-electron chi connectivity index (χ0n) is 22.8. The molecule has 4 rings (SSSR count). The zero-order chi connectivity index (χ0) is 33.9. The Kier molecular flexibility index (Phi) is 8.48. The first-order valence-electron chi connectivity index (χ1n) is 12.0. The lowest BCUT2D eigenvalue weighted by molar-refractivity contribution is 0.480. The summed E-state index contributed by atoms with van der Waals surface area (Å²) in [7, 11) is -24.6. The van der Waals surface area contributed by atoms with Crippen molar-refractivity contribution in [2.75, 3.05) is 15.2 Å². The summed E-state index contributed by atoms with van der Waals surface area (Å²) >= 11 is 0. The quantitative estimate of drug-likeness (QED) is 0.107. The van der Waals surface area contributed by atoms with Crippen LogP contribution in [-0.4, -0.2) is 55.7 Å². The predicted octanol–water partition coefficient (Wildman–Crippen LogP) is 2.38. The molecule has 0 aliphatic carbocycles. The number of rotatable bonds is 9. The Hall–Kier alpha value is -3.83. The molecular weight excluding hydrogens is 699 g/mol. The smallest absolute Gasteiger partial charge is 0.295 e. The van der Waals surface area contributed by atoms with Crippen molar-refractivity contribution in [3.05, 3.63) is 71.8 Å². The van der Waals surface area contributed by atoms with E-state index in [1.54, 1.807) is 0 Å². The third-order valence-electron chi connectivity index (χ3n) is 6.28. The molecule has 7 N–H and O–H groups in total. The van der Waals surface area contributed by atoms with Crippen molar-refractivity contribution in [1.29, 1.82) is 0 Å². The molecule has 0 aromatic heterocycles. The van der Waals surface area contributed by atoms with Crippen molar-refractivity contribution in [2.45, 2.75) is 38.3 Å². The number of benzene rings is 4. The van der Waals surface area contributed by atoms with Gasteiger partial charge < -0.3 is 5.73 Å². The van der Waals surface area contributed by atoms with Gasteiger partial charge in [-0.2, -0.15) is 25.3 Å². The summed E-state index contributed by atoms with van der Waals surface area (Å²) in [6.07, 6.45) is 0. The molecule has 242 valence electrons. The van der Waals surface area contributed by atoms with E-state index < -0.39 is 86.4 Å². The molecule has 16 nitrogen and oxygen atoms in total. The van der Waals surface area contributed by atoms with Gasteiger partial charge in [-0.15, -0.1) is 0 Å². The highest BCUT2D eigenvalue weighted by Gasteiger charge is 2.27. The maximum absolute atomic E-state index is 13.5. The van der Waals surface area contributed by atoms with Gasteiger partial charge >= 0.3 is 0 Å². The third kappa shape index (κ3) is 7.20. The van der Waals surface area contributed by atoms with E-state index in [1.165, 1.54) is 32.0 Å². The van der Waals surface area contributed by atoms with Gasteiger partial charge in [-0.05, 0) is 91.0 Å². The van der Waals surface area contributed by atoms with Crippen molar-refractivity contribution in [3.8, 4) is 0 Å². The number of anilines is 3. The third-order valence-corrected chi connectivity index (χ3v) is 11.9. The molecule has 4 aromatic rings. The van der Waals surface area contributed by atoms with Crippen LogP contribution in [0.4, 0.5) is 17.1 Å². The van der Waals surface area contributed by atoms with Crippen LogP contribution in [0, 0.1) is 13.8 Å². The van der Waals surface area contributed by atoms with Crippen LogP contribution in [0.2, 0.25) is 0 Å². The maximum Gasteiger partial charge on any atom is 0.295 e. The normalized spacial score (nSPS) is 13.1. The number of sulfonamides is 2. The molecule has 0 fully saturated rings. The summed E-state index contributed by atoms with van der Waals surface area (Å²) in [4.78, 5) is -3.94. The Morgan fingerprint density at radius 3 is 1.53 bits per heavy atom. The minimum atomic E-state index is -5.36. The van der Waals surface area contributed by atoms with Gasteiger partial charge in [-0.3, -0.25) is 23.1 Å². The largest absolute Gasteiger partial charge is 0.399 e. The van der Waals surface area contributed by atoms with Gasteiger partial charge in [0.2, 0.25) is 0 Å². The topological polar surface area (TPSA) is 281 Å². The van der Waals surface area contributed by atoms with Crippen molar-refractivity contribution < 1.29 is 55.7 Å². The highest BCUT2D eigenvalue weighted by atomic mass is 32.2. The molecule has 0 aliphatic heterocycles. The van der Waals surface area contributed by atoms with Crippen molar-refractivity contribution >= 4 is 78.2 Å². The first-order chi connectivity index (χ1) is 20.4. The Bertz CT molecular complexity index is 2460. The van der Waals surface area contributed by atoms with Crippen LogP contribution in [0.1, 0.15) is 11.1 Å². The summed E-state index contributed by atoms with van der Waals surface area (Å²) in [5.41, 5.74) is 5.42. The summed E-state index contributed by atoms with van der Waals surface area (Å²) in [5.74, 6) is 0. The number of nitrogens with one attached hydrogen (secondary N) is 2. The van der Waals surface area contributed by atoms with Gasteiger partial charge in [0.15, 0.2) is 0 Å². The van der Waals surface area contributed by atoms with Gasteiger partial charge in [0.1, 0.15) is 4.90 Å². The summed E-state index contributed by atoms with van der Waals surface area (Å²) in [6, 6.07) is 9.35. The Morgan fingerprint density at radius 1 is 0.556 bits per heavy atom. The van der Waals surface area contributed by atoms with E-state index >= 15 is 0 Å². The van der Waals surface area contributed by atoms with Crippen LogP contribution in [0.3, 0.4) is 0 Å². The van der Waals surface area contributed by atoms with Crippen LogP contribution in [0.25, 0.3) is 10.8 Å². The van der Waals surface area contributed by atoms with Gasteiger partial charge in [-0.25, -0.2) is 16.8 Å². The van der Waals surface area contributed by atoms with E-state index in [-0.39, 0.29) is 16.1 Å². The van der Waals surface area contributed by atoms with Crippen LogP contribution in [0.5, 0.6) is 0 Å². The van der Waals surface area contributed by atoms with E-state index in [1.807, 2.05) is 4.72 Å². The molecule has 0 saturated carbocycles. The molecular formula is C24H23N3O13S5. The second-order valence-corrected chi connectivity index (χ2v) is 17.2. The highest BCUT2D eigenvalue weighted by molar-refractivity contribution is 7.93. The zero-order valence-corrected chi connectivity index (χ0v) is 26.9. The Morgan fingerprint density at radius 2 is 1.04 bits per heavy atom. The molecule has 0 saturated heterocycles. The molecule has 0 atom stereocenters. The second kappa shape index (κ2) is 11.2. The number of hydrogen-bond acceptors (Lipinski definition) is 11. The average molecular weight is 722 g/mol. The standard InChI is InChI=1S/C24H23N3O13S5/c1-13-7-16(25)3-5-21(13)41(28,29)26-17-4-6-22(14(2)8-17)42(30,31)27-20-11-18(43(32,33)34)9-15-10-19(44(35,36)37)12-23(24(15)20)45(38,39)40/h3-12,26-27H,25H2,1-2H3,(H,32,33,34)(H,35,36,37)(H,38,39,40). The van der Waals surface area contributed by atoms with Crippen LogP contribution in [0.15, 0.2) is 85.1 Å². The van der Waals surface area contributed by atoms with Crippen LogP contribution in [-0.2, 0) is 50.4 Å². The van der Waals surface area contributed by atoms with Gasteiger partial charge in [-0.1, -0.05) is 0 Å². The predicted molar refractivity (Wildman–Crippen MR) is 162 cm³/mol. The number of hydrogen-bond donors (Lipinski definition) is 6. The second-order valence-electron chi connectivity index (χ2n) is 9.63. The average Bonchev–Trinajstić information content (AvgIpc) is 2.85. The number of nitrogen functional groups attached to an aromatic ring is 1. The fourth-order valence-electron chi connectivity index (χ4n) is 4.40. The van der Waals surface area contributed by atoms with Gasteiger partial charge in [0, 0.05) is 16.8 Å². The van der Waals surface area contributed by atoms with E-state index in [9.17, 15) is 55.7 Å².